The molecule has 1 saturated carbocycles. The van der Waals surface area contributed by atoms with Crippen LogP contribution in [-0.2, 0) is 4.79 Å². The van der Waals surface area contributed by atoms with Crippen LogP contribution in [-0.4, -0.2) is 23.9 Å². The van der Waals surface area contributed by atoms with Gasteiger partial charge < -0.3 is 16.4 Å². The molecule has 0 spiro atoms. The highest BCUT2D eigenvalue weighted by Crippen LogP contribution is 2.20. The molecule has 1 unspecified atom stereocenters. The maximum Gasteiger partial charge on any atom is 0.251 e. The number of carbonyl (C=O) groups is 2. The maximum absolute atomic E-state index is 11.9. The molecule has 0 bridgehead atoms. The molecule has 0 saturated heterocycles. The quantitative estimate of drug-likeness (QED) is 0.746. The van der Waals surface area contributed by atoms with Crippen LogP contribution in [0.4, 0.5) is 5.69 Å². The summed E-state index contributed by atoms with van der Waals surface area (Å²) in [6, 6.07) is 7.07. The largest absolute Gasteiger partial charge is 0.349 e. The van der Waals surface area contributed by atoms with Gasteiger partial charge in [0, 0.05) is 29.8 Å². The Bertz CT molecular complexity index is 481. The Hall–Kier alpha value is -1.88. The number of benzene rings is 1. The van der Waals surface area contributed by atoms with Crippen LogP contribution in [0.1, 0.15) is 36.5 Å². The lowest BCUT2D eigenvalue weighted by molar-refractivity contribution is -0.116. The minimum Gasteiger partial charge on any atom is -0.349 e. The molecular formula is C14H19N3O2. The summed E-state index contributed by atoms with van der Waals surface area (Å²) >= 11 is 0. The molecule has 102 valence electrons. The van der Waals surface area contributed by atoms with Gasteiger partial charge >= 0.3 is 0 Å². The molecule has 4 N–H and O–H groups in total. The molecule has 1 aromatic rings. The van der Waals surface area contributed by atoms with E-state index in [2.05, 4.69) is 10.6 Å². The van der Waals surface area contributed by atoms with E-state index in [1.165, 1.54) is 0 Å². The third-order valence-corrected chi connectivity index (χ3v) is 2.83. The van der Waals surface area contributed by atoms with Gasteiger partial charge in [-0.05, 0) is 38.0 Å². The average molecular weight is 261 g/mol. The van der Waals surface area contributed by atoms with Crippen molar-refractivity contribution in [2.75, 3.05) is 5.32 Å². The molecular weight excluding hydrogens is 242 g/mol. The third kappa shape index (κ3) is 4.37. The van der Waals surface area contributed by atoms with Crippen LogP contribution in [0.15, 0.2) is 24.3 Å². The Morgan fingerprint density at radius 3 is 2.79 bits per heavy atom. The van der Waals surface area contributed by atoms with E-state index in [-0.39, 0.29) is 24.3 Å². The smallest absolute Gasteiger partial charge is 0.251 e. The number of hydrogen-bond acceptors (Lipinski definition) is 3. The van der Waals surface area contributed by atoms with Crippen LogP contribution in [0.5, 0.6) is 0 Å². The van der Waals surface area contributed by atoms with Gasteiger partial charge in [-0.1, -0.05) is 6.07 Å². The minimum absolute atomic E-state index is 0.0919. The zero-order chi connectivity index (χ0) is 13.8. The van der Waals surface area contributed by atoms with Gasteiger partial charge in [0.15, 0.2) is 0 Å². The first-order valence-corrected chi connectivity index (χ1v) is 6.51. The Morgan fingerprint density at radius 2 is 2.16 bits per heavy atom. The molecule has 5 nitrogen and oxygen atoms in total. The van der Waals surface area contributed by atoms with Crippen LogP contribution < -0.4 is 16.4 Å². The molecule has 0 aliphatic heterocycles. The molecule has 1 aliphatic carbocycles. The van der Waals surface area contributed by atoms with Crippen molar-refractivity contribution in [2.45, 2.75) is 38.3 Å². The standard InChI is InChI=1S/C14H19N3O2/c1-9(15)7-13(18)16-12-4-2-3-10(8-12)14(19)17-11-5-6-11/h2-4,8-9,11H,5-7,15H2,1H3,(H,16,18)(H,17,19). The van der Waals surface area contributed by atoms with Gasteiger partial charge in [0.25, 0.3) is 5.91 Å². The van der Waals surface area contributed by atoms with Crippen molar-refractivity contribution in [3.63, 3.8) is 0 Å². The topological polar surface area (TPSA) is 84.2 Å². The molecule has 1 fully saturated rings. The molecule has 0 aromatic heterocycles. The van der Waals surface area contributed by atoms with E-state index >= 15 is 0 Å². The highest BCUT2D eigenvalue weighted by molar-refractivity contribution is 5.97. The monoisotopic (exact) mass is 261 g/mol. The van der Waals surface area contributed by atoms with Gasteiger partial charge in [0.1, 0.15) is 0 Å². The van der Waals surface area contributed by atoms with E-state index in [9.17, 15) is 9.59 Å². The summed E-state index contributed by atoms with van der Waals surface area (Å²) < 4.78 is 0. The number of nitrogens with one attached hydrogen (secondary N) is 2. The first-order valence-electron chi connectivity index (χ1n) is 6.51. The lowest BCUT2D eigenvalue weighted by Crippen LogP contribution is -2.26. The van der Waals surface area contributed by atoms with E-state index in [0.29, 0.717) is 17.3 Å². The van der Waals surface area contributed by atoms with Gasteiger partial charge in [-0.2, -0.15) is 0 Å². The maximum atomic E-state index is 11.9. The molecule has 1 aliphatic rings. The zero-order valence-electron chi connectivity index (χ0n) is 11.0. The van der Waals surface area contributed by atoms with Crippen LogP contribution in [0.3, 0.4) is 0 Å². The van der Waals surface area contributed by atoms with Gasteiger partial charge in [-0.3, -0.25) is 9.59 Å². The molecule has 1 aromatic carbocycles. The fraction of sp³-hybridized carbons (Fsp3) is 0.429. The Balaban J connectivity index is 1.97. The normalized spacial score (nSPS) is 15.7. The van der Waals surface area contributed by atoms with Crippen molar-refractivity contribution >= 4 is 17.5 Å². The molecule has 0 heterocycles. The number of rotatable bonds is 5. The highest BCUT2D eigenvalue weighted by Gasteiger charge is 2.23. The first-order chi connectivity index (χ1) is 9.04. The molecule has 5 heteroatoms. The van der Waals surface area contributed by atoms with Crippen molar-refractivity contribution in [1.82, 2.24) is 5.32 Å². The van der Waals surface area contributed by atoms with E-state index < -0.39 is 0 Å². The third-order valence-electron chi connectivity index (χ3n) is 2.83. The zero-order valence-corrected chi connectivity index (χ0v) is 11.0. The summed E-state index contributed by atoms with van der Waals surface area (Å²) in [7, 11) is 0. The number of carbonyl (C=O) groups excluding carboxylic acids is 2. The minimum atomic E-state index is -0.179. The van der Waals surface area contributed by atoms with Crippen molar-refractivity contribution in [3.8, 4) is 0 Å². The Labute approximate surface area is 112 Å². The van der Waals surface area contributed by atoms with Crippen molar-refractivity contribution in [1.29, 1.82) is 0 Å². The van der Waals surface area contributed by atoms with E-state index in [0.717, 1.165) is 12.8 Å². The molecule has 2 rings (SSSR count). The predicted molar refractivity (Wildman–Crippen MR) is 73.8 cm³/mol. The lowest BCUT2D eigenvalue weighted by Gasteiger charge is -2.09. The van der Waals surface area contributed by atoms with Gasteiger partial charge in [-0.15, -0.1) is 0 Å². The lowest BCUT2D eigenvalue weighted by atomic mass is 10.1. The molecule has 0 radical (unpaired) electrons. The average Bonchev–Trinajstić information content (AvgIpc) is 3.12. The van der Waals surface area contributed by atoms with E-state index in [4.69, 9.17) is 5.73 Å². The van der Waals surface area contributed by atoms with Crippen LogP contribution in [0, 0.1) is 0 Å². The fourth-order valence-electron chi connectivity index (χ4n) is 1.74. The van der Waals surface area contributed by atoms with Crippen LogP contribution in [0.2, 0.25) is 0 Å². The van der Waals surface area contributed by atoms with Crippen LogP contribution in [0.25, 0.3) is 0 Å². The molecule has 1 atom stereocenters. The second-order valence-electron chi connectivity index (χ2n) is 5.06. The molecule has 19 heavy (non-hydrogen) atoms. The Morgan fingerprint density at radius 1 is 1.42 bits per heavy atom. The number of hydrogen-bond donors (Lipinski definition) is 3. The summed E-state index contributed by atoms with van der Waals surface area (Å²) in [6.45, 7) is 1.78. The van der Waals surface area contributed by atoms with Gasteiger partial charge in [-0.25, -0.2) is 0 Å². The predicted octanol–water partition coefficient (Wildman–Crippen LogP) is 1.25. The molecule has 2 amide bonds. The summed E-state index contributed by atoms with van der Waals surface area (Å²) in [6.07, 6.45) is 2.37. The van der Waals surface area contributed by atoms with Crippen LogP contribution >= 0.6 is 0 Å². The summed E-state index contributed by atoms with van der Waals surface area (Å²) in [4.78, 5) is 23.5. The number of anilines is 1. The number of amides is 2. The fourth-order valence-corrected chi connectivity index (χ4v) is 1.74. The van der Waals surface area contributed by atoms with Crippen molar-refractivity contribution in [3.05, 3.63) is 29.8 Å². The van der Waals surface area contributed by atoms with Gasteiger partial charge in [0.05, 0.1) is 0 Å². The SMILES string of the molecule is CC(N)CC(=O)Nc1cccc(C(=O)NC2CC2)c1. The van der Waals surface area contributed by atoms with E-state index in [1.807, 2.05) is 0 Å². The van der Waals surface area contributed by atoms with Crippen molar-refractivity contribution < 1.29 is 9.59 Å². The first kappa shape index (κ1) is 13.5. The number of nitrogens with two attached hydrogens (primary N) is 1. The summed E-state index contributed by atoms with van der Waals surface area (Å²) in [5.41, 5.74) is 6.74. The van der Waals surface area contributed by atoms with E-state index in [1.54, 1.807) is 31.2 Å². The highest BCUT2D eigenvalue weighted by atomic mass is 16.2. The second kappa shape index (κ2) is 5.84. The summed E-state index contributed by atoms with van der Waals surface area (Å²) in [5.74, 6) is -0.236. The Kier molecular flexibility index (Phi) is 4.16. The summed E-state index contributed by atoms with van der Waals surface area (Å²) in [5, 5.41) is 5.65. The van der Waals surface area contributed by atoms with Crippen molar-refractivity contribution in [2.24, 2.45) is 5.73 Å². The van der Waals surface area contributed by atoms with Gasteiger partial charge in [0.2, 0.25) is 5.91 Å². The second-order valence-corrected chi connectivity index (χ2v) is 5.06.